The van der Waals surface area contributed by atoms with Crippen LogP contribution in [0.5, 0.6) is 5.75 Å². The van der Waals surface area contributed by atoms with Gasteiger partial charge in [0.05, 0.1) is 6.61 Å². The second-order valence-electron chi connectivity index (χ2n) is 6.44. The van der Waals surface area contributed by atoms with Crippen molar-refractivity contribution in [3.8, 4) is 11.4 Å². The summed E-state index contributed by atoms with van der Waals surface area (Å²) < 4.78 is 13.0. The van der Waals surface area contributed by atoms with Crippen LogP contribution < -0.4 is 4.74 Å². The number of ether oxygens (including phenoxy) is 2. The van der Waals surface area contributed by atoms with Crippen LogP contribution in [-0.2, 0) is 16.1 Å². The highest BCUT2D eigenvalue weighted by molar-refractivity contribution is 8.00. The standard InChI is InChI=1S/C22H25N3O3S/c1-4-19(21(26)27-5-2)29-22-24-23-20(25(22)17-9-7-6-8-10-17)15-28-18-13-11-16(3)12-14-18/h6-14,19H,4-5,15H2,1-3H3/t19-/m1/s1. The van der Waals surface area contributed by atoms with Crippen LogP contribution in [0.4, 0.5) is 0 Å². The maximum atomic E-state index is 12.2. The summed E-state index contributed by atoms with van der Waals surface area (Å²) in [5.41, 5.74) is 2.09. The minimum atomic E-state index is -0.340. The van der Waals surface area contributed by atoms with E-state index in [1.54, 1.807) is 0 Å². The molecule has 2 aromatic carbocycles. The summed E-state index contributed by atoms with van der Waals surface area (Å²) in [6.45, 7) is 6.42. The Balaban J connectivity index is 1.86. The minimum Gasteiger partial charge on any atom is -0.486 e. The van der Waals surface area contributed by atoms with Gasteiger partial charge in [-0.3, -0.25) is 9.36 Å². The van der Waals surface area contributed by atoms with Gasteiger partial charge >= 0.3 is 5.97 Å². The largest absolute Gasteiger partial charge is 0.486 e. The third-order valence-corrected chi connectivity index (χ3v) is 5.56. The van der Waals surface area contributed by atoms with Crippen molar-refractivity contribution in [1.82, 2.24) is 14.8 Å². The van der Waals surface area contributed by atoms with Gasteiger partial charge < -0.3 is 9.47 Å². The summed E-state index contributed by atoms with van der Waals surface area (Å²) in [7, 11) is 0. The number of esters is 1. The molecular weight excluding hydrogens is 386 g/mol. The fourth-order valence-electron chi connectivity index (χ4n) is 2.75. The topological polar surface area (TPSA) is 66.2 Å². The number of thioether (sulfide) groups is 1. The highest BCUT2D eigenvalue weighted by atomic mass is 32.2. The van der Waals surface area contributed by atoms with Crippen molar-refractivity contribution in [2.45, 2.75) is 44.2 Å². The van der Waals surface area contributed by atoms with E-state index in [1.807, 2.05) is 79.9 Å². The first-order chi connectivity index (χ1) is 14.1. The van der Waals surface area contributed by atoms with Crippen molar-refractivity contribution in [3.63, 3.8) is 0 Å². The number of aromatic nitrogens is 3. The molecule has 0 saturated carbocycles. The predicted octanol–water partition coefficient (Wildman–Crippen LogP) is 4.59. The third-order valence-electron chi connectivity index (χ3n) is 4.27. The summed E-state index contributed by atoms with van der Waals surface area (Å²) >= 11 is 1.36. The van der Waals surface area contributed by atoms with Crippen LogP contribution in [-0.4, -0.2) is 32.6 Å². The number of carbonyl (C=O) groups is 1. The maximum Gasteiger partial charge on any atom is 0.319 e. The van der Waals surface area contributed by atoms with Gasteiger partial charge in [-0.25, -0.2) is 0 Å². The lowest BCUT2D eigenvalue weighted by Crippen LogP contribution is -2.20. The molecule has 29 heavy (non-hydrogen) atoms. The number of carbonyl (C=O) groups excluding carboxylic acids is 1. The summed E-state index contributed by atoms with van der Waals surface area (Å²) in [4.78, 5) is 12.2. The lowest BCUT2D eigenvalue weighted by Gasteiger charge is -2.15. The average molecular weight is 412 g/mol. The van der Waals surface area contributed by atoms with Gasteiger partial charge in [-0.1, -0.05) is 54.6 Å². The molecule has 152 valence electrons. The summed E-state index contributed by atoms with van der Waals surface area (Å²) in [5.74, 6) is 1.20. The van der Waals surface area contributed by atoms with Gasteiger partial charge in [0.2, 0.25) is 0 Å². The number of hydrogen-bond acceptors (Lipinski definition) is 6. The van der Waals surface area contributed by atoms with Crippen molar-refractivity contribution >= 4 is 17.7 Å². The monoisotopic (exact) mass is 411 g/mol. The van der Waals surface area contributed by atoms with Gasteiger partial charge in [0.25, 0.3) is 0 Å². The van der Waals surface area contributed by atoms with Crippen LogP contribution in [0, 0.1) is 6.92 Å². The molecule has 0 amide bonds. The number of aryl methyl sites for hydroxylation is 1. The second kappa shape index (κ2) is 10.1. The average Bonchev–Trinajstić information content (AvgIpc) is 3.14. The third kappa shape index (κ3) is 5.38. The van der Waals surface area contributed by atoms with Crippen LogP contribution >= 0.6 is 11.8 Å². The van der Waals surface area contributed by atoms with E-state index in [-0.39, 0.29) is 17.8 Å². The Hall–Kier alpha value is -2.80. The quantitative estimate of drug-likeness (QED) is 0.379. The Morgan fingerprint density at radius 1 is 1.07 bits per heavy atom. The molecule has 0 fully saturated rings. The van der Waals surface area contributed by atoms with Crippen LogP contribution in [0.25, 0.3) is 5.69 Å². The SMILES string of the molecule is CCOC(=O)[C@@H](CC)Sc1nnc(COc2ccc(C)cc2)n1-c1ccccc1. The minimum absolute atomic E-state index is 0.236. The van der Waals surface area contributed by atoms with Gasteiger partial charge in [0, 0.05) is 5.69 Å². The van der Waals surface area contributed by atoms with E-state index >= 15 is 0 Å². The molecule has 0 N–H and O–H groups in total. The van der Waals surface area contributed by atoms with Gasteiger partial charge in [-0.2, -0.15) is 0 Å². The van der Waals surface area contributed by atoms with Gasteiger partial charge in [-0.15, -0.1) is 10.2 Å². The predicted molar refractivity (Wildman–Crippen MR) is 113 cm³/mol. The molecule has 1 atom stereocenters. The van der Waals surface area contributed by atoms with Crippen molar-refractivity contribution in [2.75, 3.05) is 6.61 Å². The normalized spacial score (nSPS) is 11.8. The van der Waals surface area contributed by atoms with Crippen molar-refractivity contribution in [3.05, 3.63) is 66.0 Å². The van der Waals surface area contributed by atoms with Gasteiger partial charge in [-0.05, 0) is 44.5 Å². The summed E-state index contributed by atoms with van der Waals surface area (Å²) in [6, 6.07) is 17.7. The van der Waals surface area contributed by atoms with E-state index in [9.17, 15) is 4.79 Å². The zero-order chi connectivity index (χ0) is 20.6. The van der Waals surface area contributed by atoms with E-state index in [4.69, 9.17) is 9.47 Å². The maximum absolute atomic E-state index is 12.2. The highest BCUT2D eigenvalue weighted by Crippen LogP contribution is 2.28. The summed E-state index contributed by atoms with van der Waals surface area (Å²) in [5, 5.41) is 8.97. The van der Waals surface area contributed by atoms with Crippen molar-refractivity contribution < 1.29 is 14.3 Å². The number of nitrogens with zero attached hydrogens (tertiary/aromatic N) is 3. The molecule has 7 heteroatoms. The Labute approximate surface area is 175 Å². The van der Waals surface area contributed by atoms with E-state index in [2.05, 4.69) is 10.2 Å². The lowest BCUT2D eigenvalue weighted by atomic mass is 10.2. The molecule has 1 aromatic heterocycles. The molecule has 0 aliphatic heterocycles. The first kappa shape index (κ1) is 20.9. The van der Waals surface area contributed by atoms with Gasteiger partial charge in [0.1, 0.15) is 17.6 Å². The molecule has 3 rings (SSSR count). The number of hydrogen-bond donors (Lipinski definition) is 0. The molecule has 1 heterocycles. The van der Waals surface area contributed by atoms with Gasteiger partial charge in [0.15, 0.2) is 11.0 Å². The molecule has 0 bridgehead atoms. The van der Waals surface area contributed by atoms with E-state index in [0.717, 1.165) is 11.4 Å². The van der Waals surface area contributed by atoms with Crippen LogP contribution in [0.2, 0.25) is 0 Å². The fourth-order valence-corrected chi connectivity index (χ4v) is 3.74. The zero-order valence-corrected chi connectivity index (χ0v) is 17.7. The number of para-hydroxylation sites is 1. The first-order valence-electron chi connectivity index (χ1n) is 9.64. The lowest BCUT2D eigenvalue weighted by molar-refractivity contribution is -0.142. The Bertz CT molecular complexity index is 926. The number of rotatable bonds is 9. The molecular formula is C22H25N3O3S. The fraction of sp³-hybridized carbons (Fsp3) is 0.318. The second-order valence-corrected chi connectivity index (χ2v) is 7.61. The van der Waals surface area contributed by atoms with E-state index in [1.165, 1.54) is 17.3 Å². The molecule has 6 nitrogen and oxygen atoms in total. The molecule has 0 aliphatic carbocycles. The molecule has 3 aromatic rings. The summed E-state index contributed by atoms with van der Waals surface area (Å²) in [6.07, 6.45) is 0.639. The van der Waals surface area contributed by atoms with Crippen molar-refractivity contribution in [2.24, 2.45) is 0 Å². The molecule has 0 saturated heterocycles. The molecule has 0 aliphatic rings. The van der Waals surface area contributed by atoms with Crippen LogP contribution in [0.3, 0.4) is 0 Å². The van der Waals surface area contributed by atoms with Crippen LogP contribution in [0.15, 0.2) is 59.8 Å². The van der Waals surface area contributed by atoms with Crippen molar-refractivity contribution in [1.29, 1.82) is 0 Å². The Kier molecular flexibility index (Phi) is 7.30. The molecule has 0 radical (unpaired) electrons. The Morgan fingerprint density at radius 2 is 1.79 bits per heavy atom. The smallest absolute Gasteiger partial charge is 0.319 e. The Morgan fingerprint density at radius 3 is 2.45 bits per heavy atom. The molecule has 0 unspecified atom stereocenters. The first-order valence-corrected chi connectivity index (χ1v) is 10.5. The van der Waals surface area contributed by atoms with Crippen LogP contribution in [0.1, 0.15) is 31.7 Å². The molecule has 0 spiro atoms. The van der Waals surface area contributed by atoms with E-state index < -0.39 is 0 Å². The van der Waals surface area contributed by atoms with E-state index in [0.29, 0.717) is 24.0 Å². The number of benzene rings is 2. The zero-order valence-electron chi connectivity index (χ0n) is 16.9. The highest BCUT2D eigenvalue weighted by Gasteiger charge is 2.24.